The number of likely N-dealkylation sites (N-methyl/N-ethyl adjacent to an activating group) is 1. The first-order valence-electron chi connectivity index (χ1n) is 8.03. The van der Waals surface area contributed by atoms with E-state index in [9.17, 15) is 5.26 Å². The Hall–Kier alpha value is -2.39. The number of piperidine rings is 1. The Labute approximate surface area is 135 Å². The van der Waals surface area contributed by atoms with Gasteiger partial charge in [-0.05, 0) is 26.3 Å². The van der Waals surface area contributed by atoms with Crippen molar-refractivity contribution in [3.8, 4) is 17.2 Å². The monoisotopic (exact) mass is 308 g/mol. The third-order valence-electron chi connectivity index (χ3n) is 5.29. The minimum absolute atomic E-state index is 0.313. The summed E-state index contributed by atoms with van der Waals surface area (Å²) in [5.41, 5.74) is 10.7. The number of nitrogens with two attached hydrogens (primary N) is 1. The highest BCUT2D eigenvalue weighted by Gasteiger charge is 2.38. The lowest BCUT2D eigenvalue weighted by Gasteiger charge is -2.45. The number of pyridine rings is 1. The maximum Gasteiger partial charge on any atom is 0.142 e. The summed E-state index contributed by atoms with van der Waals surface area (Å²) in [5, 5.41) is 13.9. The van der Waals surface area contributed by atoms with Gasteiger partial charge in [-0.15, -0.1) is 0 Å². The predicted octanol–water partition coefficient (Wildman–Crippen LogP) is 2.02. The standard InChI is InChI=1S/C17H20N6/c1-22-9-10(8-20-22)15-12(7-18)17(19)21-13-6-11-4-3-5-14(16(13)15)23(11)2/h8-9,11,14H,3-6H2,1-2H3,(H2,19,21)/t11-,14+/m0/s1. The predicted molar refractivity (Wildman–Crippen MR) is 87.4 cm³/mol. The summed E-state index contributed by atoms with van der Waals surface area (Å²) >= 11 is 0. The maximum absolute atomic E-state index is 9.65. The molecule has 2 bridgehead atoms. The molecule has 1 saturated heterocycles. The van der Waals surface area contributed by atoms with Crippen LogP contribution in [0.1, 0.15) is 42.1 Å². The van der Waals surface area contributed by atoms with Gasteiger partial charge >= 0.3 is 0 Å². The van der Waals surface area contributed by atoms with E-state index < -0.39 is 0 Å². The van der Waals surface area contributed by atoms with Crippen LogP contribution in [-0.2, 0) is 13.5 Å². The lowest BCUT2D eigenvalue weighted by Crippen LogP contribution is -2.45. The van der Waals surface area contributed by atoms with Gasteiger partial charge in [0.25, 0.3) is 0 Å². The molecule has 2 aliphatic rings. The van der Waals surface area contributed by atoms with E-state index in [0.717, 1.165) is 29.7 Å². The van der Waals surface area contributed by atoms with Gasteiger partial charge in [-0.3, -0.25) is 9.58 Å². The molecule has 6 heteroatoms. The van der Waals surface area contributed by atoms with Crippen LogP contribution in [-0.4, -0.2) is 32.8 Å². The van der Waals surface area contributed by atoms with Crippen LogP contribution in [0.3, 0.4) is 0 Å². The van der Waals surface area contributed by atoms with Crippen LogP contribution >= 0.6 is 0 Å². The Morgan fingerprint density at radius 2 is 2.17 bits per heavy atom. The molecule has 1 fully saturated rings. The molecule has 2 aliphatic heterocycles. The van der Waals surface area contributed by atoms with Gasteiger partial charge in [-0.25, -0.2) is 4.98 Å². The summed E-state index contributed by atoms with van der Waals surface area (Å²) in [6.07, 6.45) is 8.19. The first-order valence-corrected chi connectivity index (χ1v) is 8.03. The number of aryl methyl sites for hydroxylation is 1. The van der Waals surface area contributed by atoms with Crippen molar-refractivity contribution in [1.29, 1.82) is 5.26 Å². The van der Waals surface area contributed by atoms with Gasteiger partial charge in [0.1, 0.15) is 17.5 Å². The molecule has 0 spiro atoms. The minimum Gasteiger partial charge on any atom is -0.383 e. The molecule has 118 valence electrons. The number of nitrogens with zero attached hydrogens (tertiary/aromatic N) is 5. The Balaban J connectivity index is 2.02. The zero-order valence-electron chi connectivity index (χ0n) is 13.5. The Morgan fingerprint density at radius 1 is 1.35 bits per heavy atom. The van der Waals surface area contributed by atoms with Crippen LogP contribution < -0.4 is 5.73 Å². The summed E-state index contributed by atoms with van der Waals surface area (Å²) in [6, 6.07) is 3.11. The SMILES string of the molecule is CN1[C@H]2CCC[C@@H]1c1c(nc(N)c(C#N)c1-c1cnn(C)c1)C2. The third-order valence-corrected chi connectivity index (χ3v) is 5.29. The topological polar surface area (TPSA) is 83.8 Å². The molecular formula is C17H20N6. The molecular weight excluding hydrogens is 288 g/mol. The highest BCUT2D eigenvalue weighted by Crippen LogP contribution is 2.46. The quantitative estimate of drug-likeness (QED) is 0.871. The fraction of sp³-hybridized carbons (Fsp3) is 0.471. The first-order chi connectivity index (χ1) is 11.1. The van der Waals surface area contributed by atoms with E-state index in [1.165, 1.54) is 18.4 Å². The normalized spacial score (nSPS) is 23.3. The highest BCUT2D eigenvalue weighted by molar-refractivity contribution is 5.79. The minimum atomic E-state index is 0.313. The lowest BCUT2D eigenvalue weighted by atomic mass is 9.79. The van der Waals surface area contributed by atoms with E-state index in [-0.39, 0.29) is 0 Å². The molecule has 23 heavy (non-hydrogen) atoms. The molecule has 0 unspecified atom stereocenters. The number of aromatic nitrogens is 3. The summed E-state index contributed by atoms with van der Waals surface area (Å²) in [7, 11) is 4.07. The zero-order chi connectivity index (χ0) is 16.1. The molecule has 0 radical (unpaired) electrons. The van der Waals surface area contributed by atoms with Crippen LogP contribution in [0.15, 0.2) is 12.4 Å². The smallest absolute Gasteiger partial charge is 0.142 e. The van der Waals surface area contributed by atoms with Crippen molar-refractivity contribution in [3.63, 3.8) is 0 Å². The second-order valence-corrected chi connectivity index (χ2v) is 6.59. The van der Waals surface area contributed by atoms with Crippen molar-refractivity contribution in [2.75, 3.05) is 12.8 Å². The van der Waals surface area contributed by atoms with Gasteiger partial charge in [-0.2, -0.15) is 10.4 Å². The molecule has 2 aromatic rings. The van der Waals surface area contributed by atoms with Crippen LogP contribution in [0.4, 0.5) is 5.82 Å². The zero-order valence-corrected chi connectivity index (χ0v) is 13.5. The van der Waals surface area contributed by atoms with Gasteiger partial charge in [-0.1, -0.05) is 0 Å². The Bertz CT molecular complexity index is 815. The molecule has 4 heterocycles. The van der Waals surface area contributed by atoms with Crippen molar-refractivity contribution in [1.82, 2.24) is 19.7 Å². The van der Waals surface area contributed by atoms with E-state index in [4.69, 9.17) is 5.73 Å². The Morgan fingerprint density at radius 3 is 2.87 bits per heavy atom. The largest absolute Gasteiger partial charge is 0.383 e. The molecule has 0 aliphatic carbocycles. The molecule has 6 nitrogen and oxygen atoms in total. The molecule has 2 N–H and O–H groups in total. The maximum atomic E-state index is 9.65. The molecule has 2 aromatic heterocycles. The fourth-order valence-corrected chi connectivity index (χ4v) is 4.17. The molecule has 0 amide bonds. The van der Waals surface area contributed by atoms with E-state index in [1.54, 1.807) is 4.68 Å². The number of hydrogen-bond donors (Lipinski definition) is 1. The van der Waals surface area contributed by atoms with Crippen molar-refractivity contribution in [2.45, 2.75) is 37.8 Å². The number of fused-ring (bicyclic) bond motifs is 4. The number of hydrogen-bond acceptors (Lipinski definition) is 5. The average Bonchev–Trinajstić information content (AvgIpc) is 2.93. The Kier molecular flexibility index (Phi) is 3.13. The second-order valence-electron chi connectivity index (χ2n) is 6.59. The van der Waals surface area contributed by atoms with Gasteiger partial charge in [0.15, 0.2) is 0 Å². The molecule has 0 saturated carbocycles. The summed E-state index contributed by atoms with van der Waals surface area (Å²) < 4.78 is 1.76. The van der Waals surface area contributed by atoms with Gasteiger partial charge in [0.2, 0.25) is 0 Å². The van der Waals surface area contributed by atoms with E-state index in [2.05, 4.69) is 28.1 Å². The van der Waals surface area contributed by atoms with Crippen molar-refractivity contribution < 1.29 is 0 Å². The molecule has 0 aromatic carbocycles. The van der Waals surface area contributed by atoms with Crippen molar-refractivity contribution in [2.24, 2.45) is 7.05 Å². The number of rotatable bonds is 1. The summed E-state index contributed by atoms with van der Waals surface area (Å²) in [4.78, 5) is 7.04. The van der Waals surface area contributed by atoms with Crippen molar-refractivity contribution in [3.05, 3.63) is 29.2 Å². The lowest BCUT2D eigenvalue weighted by molar-refractivity contribution is 0.0988. The van der Waals surface area contributed by atoms with Crippen LogP contribution in [0.25, 0.3) is 11.1 Å². The van der Waals surface area contributed by atoms with E-state index in [0.29, 0.717) is 23.5 Å². The molecule has 4 rings (SSSR count). The summed E-state index contributed by atoms with van der Waals surface area (Å²) in [5.74, 6) is 0.340. The van der Waals surface area contributed by atoms with Gasteiger partial charge in [0, 0.05) is 54.1 Å². The average molecular weight is 308 g/mol. The third kappa shape index (κ3) is 2.04. The van der Waals surface area contributed by atoms with Gasteiger partial charge in [0.05, 0.1) is 6.20 Å². The first kappa shape index (κ1) is 14.2. The summed E-state index contributed by atoms with van der Waals surface area (Å²) in [6.45, 7) is 0. The van der Waals surface area contributed by atoms with Crippen LogP contribution in [0, 0.1) is 11.3 Å². The number of nitrogen functional groups attached to an aromatic ring is 1. The van der Waals surface area contributed by atoms with Crippen molar-refractivity contribution >= 4 is 5.82 Å². The fourth-order valence-electron chi connectivity index (χ4n) is 4.17. The molecule has 2 atom stereocenters. The highest BCUT2D eigenvalue weighted by atomic mass is 15.2. The van der Waals surface area contributed by atoms with Crippen LogP contribution in [0.5, 0.6) is 0 Å². The van der Waals surface area contributed by atoms with E-state index in [1.807, 2.05) is 19.4 Å². The van der Waals surface area contributed by atoms with E-state index >= 15 is 0 Å². The second kappa shape index (κ2) is 5.07. The number of anilines is 1. The van der Waals surface area contributed by atoms with Crippen LogP contribution in [0.2, 0.25) is 0 Å². The number of nitriles is 1. The van der Waals surface area contributed by atoms with Gasteiger partial charge < -0.3 is 5.73 Å².